The van der Waals surface area contributed by atoms with E-state index in [-0.39, 0.29) is 18.1 Å². The number of carbonyl (C=O) groups excluding carboxylic acids is 1. The van der Waals surface area contributed by atoms with E-state index >= 15 is 0 Å². The van der Waals surface area contributed by atoms with E-state index in [0.29, 0.717) is 11.4 Å². The molecule has 0 aliphatic rings. The maximum atomic E-state index is 12.1. The summed E-state index contributed by atoms with van der Waals surface area (Å²) in [4.78, 5) is 15.7. The van der Waals surface area contributed by atoms with E-state index in [1.54, 1.807) is 0 Å². The number of thiophene rings is 1. The van der Waals surface area contributed by atoms with E-state index in [1.165, 1.54) is 11.3 Å². The summed E-state index contributed by atoms with van der Waals surface area (Å²) in [5, 5.41) is 11.7. The van der Waals surface area contributed by atoms with Gasteiger partial charge in [-0.2, -0.15) is 0 Å². The average Bonchev–Trinajstić information content (AvgIpc) is 2.75. The van der Waals surface area contributed by atoms with Crippen LogP contribution >= 0.6 is 11.3 Å². The first-order valence-corrected chi connectivity index (χ1v) is 7.25. The molecular weight excluding hydrogens is 272 g/mol. The molecule has 110 valence electrons. The van der Waals surface area contributed by atoms with Crippen LogP contribution in [0, 0.1) is 18.8 Å². The number of carbonyl (C=O) groups is 1. The summed E-state index contributed by atoms with van der Waals surface area (Å²) in [7, 11) is 3.98. The lowest BCUT2D eigenvalue weighted by molar-refractivity contribution is 0.0923. The molecule has 1 aromatic heterocycles. The molecule has 0 aliphatic carbocycles. The molecule has 1 heterocycles. The van der Waals surface area contributed by atoms with E-state index in [4.69, 9.17) is 5.11 Å². The molecule has 0 spiro atoms. The summed E-state index contributed by atoms with van der Waals surface area (Å²) in [5.74, 6) is 5.39. The first-order chi connectivity index (χ1) is 9.27. The first-order valence-electron chi connectivity index (χ1n) is 6.43. The zero-order valence-electron chi connectivity index (χ0n) is 12.7. The van der Waals surface area contributed by atoms with E-state index in [1.807, 2.05) is 27.1 Å². The number of aliphatic hydroxyl groups excluding tert-OH is 1. The van der Waals surface area contributed by atoms with Crippen LogP contribution in [0.4, 0.5) is 0 Å². The summed E-state index contributed by atoms with van der Waals surface area (Å²) in [5.41, 5.74) is 0.870. The van der Waals surface area contributed by atoms with Crippen molar-refractivity contribution in [2.24, 2.45) is 0 Å². The van der Waals surface area contributed by atoms with Gasteiger partial charge in [0.05, 0.1) is 9.75 Å². The summed E-state index contributed by atoms with van der Waals surface area (Å²) >= 11 is 1.36. The van der Waals surface area contributed by atoms with E-state index < -0.39 is 0 Å². The Bertz CT molecular complexity index is 536. The Morgan fingerprint density at radius 1 is 1.50 bits per heavy atom. The van der Waals surface area contributed by atoms with Crippen LogP contribution in [0.25, 0.3) is 0 Å². The van der Waals surface area contributed by atoms with Gasteiger partial charge in [-0.1, -0.05) is 11.8 Å². The number of nitrogens with one attached hydrogen (secondary N) is 1. The molecule has 20 heavy (non-hydrogen) atoms. The number of rotatable bonds is 4. The third kappa shape index (κ3) is 4.34. The summed E-state index contributed by atoms with van der Waals surface area (Å²) < 4.78 is 0. The second-order valence-corrected chi connectivity index (χ2v) is 6.52. The summed E-state index contributed by atoms with van der Waals surface area (Å²) in [6.45, 7) is 6.47. The van der Waals surface area contributed by atoms with E-state index in [2.05, 4.69) is 35.9 Å². The van der Waals surface area contributed by atoms with E-state index in [9.17, 15) is 4.79 Å². The van der Waals surface area contributed by atoms with Crippen molar-refractivity contribution in [3.8, 4) is 11.8 Å². The molecule has 0 aliphatic heterocycles. The molecule has 1 aromatic rings. The SMILES string of the molecule is Cc1cc(C(=O)NCC(C)(C)N(C)C)sc1C#CCO. The number of amides is 1. The van der Waals surface area contributed by atoms with Crippen LogP contribution in [0.3, 0.4) is 0 Å². The van der Waals surface area contributed by atoms with Gasteiger partial charge in [0.25, 0.3) is 5.91 Å². The Balaban J connectivity index is 2.74. The zero-order chi connectivity index (χ0) is 15.3. The minimum Gasteiger partial charge on any atom is -0.384 e. The van der Waals surface area contributed by atoms with Gasteiger partial charge in [-0.25, -0.2) is 0 Å². The molecule has 0 bridgehead atoms. The van der Waals surface area contributed by atoms with Crippen molar-refractivity contribution >= 4 is 17.2 Å². The number of likely N-dealkylation sites (N-methyl/N-ethyl adjacent to an activating group) is 1. The Hall–Kier alpha value is -1.35. The third-order valence-electron chi connectivity index (χ3n) is 3.31. The number of aliphatic hydroxyl groups is 1. The fourth-order valence-electron chi connectivity index (χ4n) is 1.38. The van der Waals surface area contributed by atoms with Crippen molar-refractivity contribution in [1.82, 2.24) is 10.2 Å². The molecule has 0 unspecified atom stereocenters. The van der Waals surface area contributed by atoms with Gasteiger partial charge in [-0.05, 0) is 46.5 Å². The minimum absolute atomic E-state index is 0.0786. The van der Waals surface area contributed by atoms with Crippen molar-refractivity contribution in [3.63, 3.8) is 0 Å². The number of aryl methyl sites for hydroxylation is 1. The van der Waals surface area contributed by atoms with Crippen LogP contribution in [-0.2, 0) is 0 Å². The highest BCUT2D eigenvalue weighted by molar-refractivity contribution is 7.14. The first kappa shape index (κ1) is 16.7. The van der Waals surface area contributed by atoms with Crippen LogP contribution in [0.5, 0.6) is 0 Å². The molecule has 0 radical (unpaired) electrons. The molecule has 0 atom stereocenters. The fraction of sp³-hybridized carbons (Fsp3) is 0.533. The molecular formula is C15H22N2O2S. The Morgan fingerprint density at radius 2 is 2.15 bits per heavy atom. The van der Waals surface area contributed by atoms with Crippen LogP contribution < -0.4 is 5.32 Å². The van der Waals surface area contributed by atoms with Gasteiger partial charge in [-0.15, -0.1) is 11.3 Å². The van der Waals surface area contributed by atoms with Crippen molar-refractivity contribution in [1.29, 1.82) is 0 Å². The zero-order valence-corrected chi connectivity index (χ0v) is 13.5. The maximum absolute atomic E-state index is 12.1. The lowest BCUT2D eigenvalue weighted by Gasteiger charge is -2.32. The van der Waals surface area contributed by atoms with Gasteiger partial charge < -0.3 is 15.3 Å². The highest BCUT2D eigenvalue weighted by Crippen LogP contribution is 2.21. The lowest BCUT2D eigenvalue weighted by Crippen LogP contribution is -2.48. The smallest absolute Gasteiger partial charge is 0.261 e. The molecule has 0 saturated heterocycles. The second-order valence-electron chi connectivity index (χ2n) is 5.47. The monoisotopic (exact) mass is 294 g/mol. The quantitative estimate of drug-likeness (QED) is 0.827. The molecule has 1 rings (SSSR count). The second kappa shape index (κ2) is 6.89. The van der Waals surface area contributed by atoms with Gasteiger partial charge in [0.15, 0.2) is 0 Å². The fourth-order valence-corrected chi connectivity index (χ4v) is 2.34. The van der Waals surface area contributed by atoms with Gasteiger partial charge in [0, 0.05) is 12.1 Å². The highest BCUT2D eigenvalue weighted by atomic mass is 32.1. The van der Waals surface area contributed by atoms with Gasteiger partial charge in [0.2, 0.25) is 0 Å². The predicted molar refractivity (Wildman–Crippen MR) is 83.1 cm³/mol. The van der Waals surface area contributed by atoms with Crippen molar-refractivity contribution in [3.05, 3.63) is 21.4 Å². The Labute approximate surface area is 124 Å². The van der Waals surface area contributed by atoms with Gasteiger partial charge >= 0.3 is 0 Å². The summed E-state index contributed by atoms with van der Waals surface area (Å²) in [6, 6.07) is 1.84. The van der Waals surface area contributed by atoms with Gasteiger partial charge in [-0.3, -0.25) is 4.79 Å². The van der Waals surface area contributed by atoms with Crippen LogP contribution in [-0.4, -0.2) is 48.7 Å². The van der Waals surface area contributed by atoms with Gasteiger partial charge in [0.1, 0.15) is 6.61 Å². The molecule has 5 heteroatoms. The summed E-state index contributed by atoms with van der Waals surface area (Å²) in [6.07, 6.45) is 0. The largest absolute Gasteiger partial charge is 0.384 e. The Kier molecular flexibility index (Phi) is 5.75. The third-order valence-corrected chi connectivity index (χ3v) is 4.47. The lowest BCUT2D eigenvalue weighted by atomic mass is 10.0. The number of hydrogen-bond acceptors (Lipinski definition) is 4. The minimum atomic E-state index is -0.171. The molecule has 0 fully saturated rings. The highest BCUT2D eigenvalue weighted by Gasteiger charge is 2.22. The van der Waals surface area contributed by atoms with E-state index in [0.717, 1.165) is 10.4 Å². The Morgan fingerprint density at radius 3 is 2.70 bits per heavy atom. The molecule has 0 aromatic carbocycles. The standard InChI is InChI=1S/C15H22N2O2S/c1-11-9-13(20-12(11)7-6-8-18)14(19)16-10-15(2,3)17(4)5/h9,18H,8,10H2,1-5H3,(H,16,19). The van der Waals surface area contributed by atoms with Crippen LogP contribution in [0.1, 0.15) is 34.0 Å². The number of nitrogens with zero attached hydrogens (tertiary/aromatic N) is 1. The predicted octanol–water partition coefficient (Wildman–Crippen LogP) is 1.47. The molecule has 4 nitrogen and oxygen atoms in total. The van der Waals surface area contributed by atoms with Crippen LogP contribution in [0.2, 0.25) is 0 Å². The average molecular weight is 294 g/mol. The topological polar surface area (TPSA) is 52.6 Å². The molecule has 2 N–H and O–H groups in total. The van der Waals surface area contributed by atoms with Crippen molar-refractivity contribution < 1.29 is 9.90 Å². The maximum Gasteiger partial charge on any atom is 0.261 e. The number of hydrogen-bond donors (Lipinski definition) is 2. The molecule has 0 saturated carbocycles. The van der Waals surface area contributed by atoms with Crippen molar-refractivity contribution in [2.45, 2.75) is 26.3 Å². The van der Waals surface area contributed by atoms with Crippen LogP contribution in [0.15, 0.2) is 6.07 Å². The normalized spacial score (nSPS) is 11.2. The molecule has 1 amide bonds. The van der Waals surface area contributed by atoms with Crippen molar-refractivity contribution in [2.75, 3.05) is 27.2 Å².